The number of hydrogen-bond acceptors (Lipinski definition) is 9. The first kappa shape index (κ1) is 27.7. The summed E-state index contributed by atoms with van der Waals surface area (Å²) in [6, 6.07) is 22.7. The molecule has 0 radical (unpaired) electrons. The van der Waals surface area contributed by atoms with Crippen molar-refractivity contribution in [3.05, 3.63) is 95.6 Å². The molecule has 6 aromatic rings. The van der Waals surface area contributed by atoms with E-state index < -0.39 is 16.1 Å². The summed E-state index contributed by atoms with van der Waals surface area (Å²) in [4.78, 5) is 33.5. The monoisotopic (exact) mass is 615 g/mol. The Bertz CT molecular complexity index is 2120. The molecule has 2 N–H and O–H groups in total. The van der Waals surface area contributed by atoms with Crippen LogP contribution in [0.4, 0.5) is 5.69 Å². The van der Waals surface area contributed by atoms with Crippen LogP contribution in [0.25, 0.3) is 41.6 Å². The fraction of sp³-hybridized carbons (Fsp3) is 0.0667. The fourth-order valence-electron chi connectivity index (χ4n) is 4.47. The van der Waals surface area contributed by atoms with E-state index in [1.807, 2.05) is 30.3 Å². The molecule has 0 aliphatic heterocycles. The summed E-state index contributed by atoms with van der Waals surface area (Å²) in [5.41, 5.74) is 4.85. The molecule has 2 aromatic heterocycles. The van der Waals surface area contributed by atoms with Gasteiger partial charge in [0.1, 0.15) is 14.9 Å². The number of aryl methyl sites for hydroxylation is 1. The van der Waals surface area contributed by atoms with E-state index in [1.165, 1.54) is 41.9 Å². The molecule has 1 amide bonds. The van der Waals surface area contributed by atoms with Gasteiger partial charge in [-0.3, -0.25) is 9.35 Å². The summed E-state index contributed by atoms with van der Waals surface area (Å²) in [6.45, 7) is 1.64. The van der Waals surface area contributed by atoms with Gasteiger partial charge in [0, 0.05) is 22.4 Å². The second kappa shape index (κ2) is 10.7. The molecule has 0 atom stereocenters. The molecule has 42 heavy (non-hydrogen) atoms. The van der Waals surface area contributed by atoms with Gasteiger partial charge in [0.05, 0.1) is 33.1 Å². The molecule has 0 aliphatic carbocycles. The van der Waals surface area contributed by atoms with Gasteiger partial charge in [-0.05, 0) is 85.3 Å². The van der Waals surface area contributed by atoms with Crippen molar-refractivity contribution in [1.82, 2.24) is 9.97 Å². The highest BCUT2D eigenvalue weighted by Crippen LogP contribution is 2.38. The third-order valence-electron chi connectivity index (χ3n) is 6.56. The molecule has 0 saturated carbocycles. The third kappa shape index (κ3) is 5.28. The van der Waals surface area contributed by atoms with Crippen molar-refractivity contribution in [2.75, 3.05) is 12.4 Å². The van der Waals surface area contributed by atoms with E-state index in [2.05, 4.69) is 15.0 Å². The normalized spacial score (nSPS) is 11.6. The quantitative estimate of drug-likeness (QED) is 0.154. The number of fused-ring (bicyclic) bond motifs is 2. The average Bonchev–Trinajstić information content (AvgIpc) is 3.60. The molecule has 0 unspecified atom stereocenters. The van der Waals surface area contributed by atoms with Crippen molar-refractivity contribution in [3.63, 3.8) is 0 Å². The van der Waals surface area contributed by atoms with Crippen molar-refractivity contribution in [1.29, 1.82) is 0 Å². The highest BCUT2D eigenvalue weighted by atomic mass is 32.2. The van der Waals surface area contributed by atoms with E-state index in [9.17, 15) is 22.6 Å². The first-order chi connectivity index (χ1) is 20.1. The number of amides is 1. The predicted molar refractivity (Wildman–Crippen MR) is 164 cm³/mol. The zero-order valence-electron chi connectivity index (χ0n) is 22.1. The van der Waals surface area contributed by atoms with E-state index in [0.29, 0.717) is 37.6 Å². The maximum absolute atomic E-state index is 12.6. The second-order valence-electron chi connectivity index (χ2n) is 9.36. The summed E-state index contributed by atoms with van der Waals surface area (Å²) in [6.07, 6.45) is 0. The van der Waals surface area contributed by atoms with Gasteiger partial charge in [-0.2, -0.15) is 8.42 Å². The fourth-order valence-corrected chi connectivity index (χ4v) is 7.79. The Labute approximate surface area is 248 Å². The molecule has 9 nitrogen and oxygen atoms in total. The van der Waals surface area contributed by atoms with Crippen LogP contribution < -0.4 is 5.32 Å². The lowest BCUT2D eigenvalue weighted by Crippen LogP contribution is -2.12. The summed E-state index contributed by atoms with van der Waals surface area (Å²) in [7, 11) is -3.10. The molecule has 210 valence electrons. The minimum atomic E-state index is -4.40. The third-order valence-corrected chi connectivity index (χ3v) is 9.94. The zero-order chi connectivity index (χ0) is 29.6. The Hall–Kier alpha value is -4.49. The van der Waals surface area contributed by atoms with Crippen molar-refractivity contribution >= 4 is 70.8 Å². The largest absolute Gasteiger partial charge is 0.465 e. The zero-order valence-corrected chi connectivity index (χ0v) is 24.6. The van der Waals surface area contributed by atoms with Gasteiger partial charge in [-0.25, -0.2) is 14.8 Å². The van der Waals surface area contributed by atoms with E-state index in [4.69, 9.17) is 4.98 Å². The number of esters is 1. The van der Waals surface area contributed by atoms with Crippen LogP contribution in [-0.4, -0.2) is 41.9 Å². The standard InChI is InChI=1S/C30H21N3O6S3/c1-16-3-13-23-25(26(16)42(36,37)38)41-29(33-23)20-10-14-22-24(15-20)40-28(32-22)18-8-11-21(12-9-18)31-27(34)17-4-6-19(7-5-17)30(35)39-2/h3-15H,1-2H3,(H,31,34)(H,36,37,38). The molecule has 0 fully saturated rings. The Morgan fingerprint density at radius 3 is 2.12 bits per heavy atom. The number of hydrogen-bond donors (Lipinski definition) is 2. The van der Waals surface area contributed by atoms with Crippen molar-refractivity contribution in [2.24, 2.45) is 0 Å². The Morgan fingerprint density at radius 1 is 0.810 bits per heavy atom. The van der Waals surface area contributed by atoms with E-state index in [1.54, 1.807) is 43.3 Å². The SMILES string of the molecule is COC(=O)c1ccc(C(=O)Nc2ccc(-c3nc4ccc(-c5nc6ccc(C)c(S(=O)(=O)O)c6s5)cc4s3)cc2)cc1. The molecule has 0 aliphatic rings. The predicted octanol–water partition coefficient (Wildman–Crippen LogP) is 6.83. The molecule has 4 aromatic carbocycles. The van der Waals surface area contributed by atoms with Gasteiger partial charge >= 0.3 is 5.97 Å². The maximum Gasteiger partial charge on any atom is 0.337 e. The topological polar surface area (TPSA) is 136 Å². The minimum absolute atomic E-state index is 0.110. The van der Waals surface area contributed by atoms with E-state index in [0.717, 1.165) is 26.4 Å². The summed E-state index contributed by atoms with van der Waals surface area (Å²) in [5, 5.41) is 4.28. The molecule has 6 rings (SSSR count). The highest BCUT2D eigenvalue weighted by molar-refractivity contribution is 7.86. The van der Waals surface area contributed by atoms with Crippen LogP contribution in [0.2, 0.25) is 0 Å². The molecular weight excluding hydrogens is 595 g/mol. The number of nitrogens with zero attached hydrogens (tertiary/aromatic N) is 2. The Morgan fingerprint density at radius 2 is 1.43 bits per heavy atom. The number of nitrogens with one attached hydrogen (secondary N) is 1. The number of carbonyl (C=O) groups excluding carboxylic acids is 2. The number of carbonyl (C=O) groups is 2. The van der Waals surface area contributed by atoms with Crippen LogP contribution >= 0.6 is 22.7 Å². The lowest BCUT2D eigenvalue weighted by Gasteiger charge is -2.06. The number of thiazole rings is 2. The molecule has 0 bridgehead atoms. The number of benzene rings is 4. The average molecular weight is 616 g/mol. The first-order valence-electron chi connectivity index (χ1n) is 12.5. The molecule has 0 spiro atoms. The van der Waals surface area contributed by atoms with Crippen molar-refractivity contribution < 1.29 is 27.3 Å². The number of aromatic nitrogens is 2. The van der Waals surface area contributed by atoms with Crippen molar-refractivity contribution in [3.8, 4) is 21.1 Å². The van der Waals surface area contributed by atoms with Crippen LogP contribution in [0.15, 0.2) is 83.8 Å². The minimum Gasteiger partial charge on any atom is -0.465 e. The summed E-state index contributed by atoms with van der Waals surface area (Å²) in [5.74, 6) is -0.773. The Balaban J connectivity index is 1.23. The highest BCUT2D eigenvalue weighted by Gasteiger charge is 2.21. The maximum atomic E-state index is 12.6. The van der Waals surface area contributed by atoms with Crippen LogP contribution in [0.3, 0.4) is 0 Å². The van der Waals surface area contributed by atoms with Gasteiger partial charge < -0.3 is 10.1 Å². The van der Waals surface area contributed by atoms with Crippen molar-refractivity contribution in [2.45, 2.75) is 11.8 Å². The van der Waals surface area contributed by atoms with Gasteiger partial charge in [0.15, 0.2) is 0 Å². The molecule has 12 heteroatoms. The second-order valence-corrected chi connectivity index (χ2v) is 12.7. The van der Waals surface area contributed by atoms with Gasteiger partial charge in [0.2, 0.25) is 0 Å². The smallest absolute Gasteiger partial charge is 0.337 e. The van der Waals surface area contributed by atoms with Crippen LogP contribution in [0.5, 0.6) is 0 Å². The molecule has 0 saturated heterocycles. The van der Waals surface area contributed by atoms with Crippen LogP contribution in [-0.2, 0) is 14.9 Å². The first-order valence-corrected chi connectivity index (χ1v) is 15.6. The lowest BCUT2D eigenvalue weighted by atomic mass is 10.1. The number of rotatable bonds is 6. The van der Waals surface area contributed by atoms with E-state index >= 15 is 0 Å². The number of anilines is 1. The lowest BCUT2D eigenvalue weighted by molar-refractivity contribution is 0.0600. The van der Waals surface area contributed by atoms with Gasteiger partial charge in [-0.15, -0.1) is 22.7 Å². The van der Waals surface area contributed by atoms with Crippen LogP contribution in [0.1, 0.15) is 26.3 Å². The summed E-state index contributed by atoms with van der Waals surface area (Å²) >= 11 is 2.72. The molecule has 2 heterocycles. The number of ether oxygens (including phenoxy) is 1. The Kier molecular flexibility index (Phi) is 7.07. The van der Waals surface area contributed by atoms with E-state index in [-0.39, 0.29) is 10.8 Å². The van der Waals surface area contributed by atoms with Gasteiger partial charge in [-0.1, -0.05) is 6.07 Å². The van der Waals surface area contributed by atoms with Gasteiger partial charge in [0.25, 0.3) is 16.0 Å². The summed E-state index contributed by atoms with van der Waals surface area (Å²) < 4.78 is 39.8. The molecular formula is C30H21N3O6S3. The number of methoxy groups -OCH3 is 1. The van der Waals surface area contributed by atoms with Crippen LogP contribution in [0, 0.1) is 6.92 Å².